The van der Waals surface area contributed by atoms with Crippen molar-refractivity contribution in [2.24, 2.45) is 0 Å². The van der Waals surface area contributed by atoms with Gasteiger partial charge in [-0.2, -0.15) is 9.78 Å². The summed E-state index contributed by atoms with van der Waals surface area (Å²) in [4.78, 5) is 24.9. The Kier molecular flexibility index (Phi) is 5.79. The van der Waals surface area contributed by atoms with Crippen LogP contribution in [0, 0.1) is 0 Å². The third-order valence-corrected chi connectivity index (χ3v) is 5.39. The number of rotatable bonds is 5. The van der Waals surface area contributed by atoms with Gasteiger partial charge in [-0.3, -0.25) is 4.79 Å². The van der Waals surface area contributed by atoms with Gasteiger partial charge in [0.05, 0.1) is 17.7 Å². The normalized spacial score (nSPS) is 14.2. The Labute approximate surface area is 180 Å². The minimum absolute atomic E-state index is 0.0120. The average Bonchev–Trinajstić information content (AvgIpc) is 3.47. The van der Waals surface area contributed by atoms with E-state index in [1.165, 1.54) is 17.0 Å². The van der Waals surface area contributed by atoms with Crippen molar-refractivity contribution < 1.29 is 19.1 Å². The van der Waals surface area contributed by atoms with Crippen LogP contribution in [0.15, 0.2) is 47.1 Å². The molecule has 31 heavy (non-hydrogen) atoms. The predicted octanol–water partition coefficient (Wildman–Crippen LogP) is 4.72. The van der Waals surface area contributed by atoms with Crippen molar-refractivity contribution in [3.8, 4) is 17.0 Å². The summed E-state index contributed by atoms with van der Waals surface area (Å²) in [5.41, 5.74) is 2.30. The van der Waals surface area contributed by atoms with E-state index in [2.05, 4.69) is 15.7 Å². The van der Waals surface area contributed by atoms with Crippen molar-refractivity contribution in [2.75, 3.05) is 5.32 Å². The molecule has 2 heterocycles. The molecule has 4 rings (SSSR count). The number of furan rings is 1. The van der Waals surface area contributed by atoms with Crippen LogP contribution >= 0.6 is 0 Å². The molecule has 0 saturated heterocycles. The van der Waals surface area contributed by atoms with E-state index in [9.17, 15) is 14.7 Å². The van der Waals surface area contributed by atoms with Crippen molar-refractivity contribution in [3.05, 3.63) is 54.1 Å². The first-order valence-corrected chi connectivity index (χ1v) is 10.5. The fourth-order valence-electron chi connectivity index (χ4n) is 3.94. The smallest absolute Gasteiger partial charge is 0.342 e. The number of anilines is 1. The first-order chi connectivity index (χ1) is 14.9. The molecule has 2 aromatic heterocycles. The van der Waals surface area contributed by atoms with Crippen LogP contribution in [-0.2, 0) is 0 Å². The van der Waals surface area contributed by atoms with Crippen LogP contribution in [-0.4, -0.2) is 32.9 Å². The Hall–Kier alpha value is -3.55. The number of carbonyl (C=O) groups is 2. The number of nitrogens with one attached hydrogen (secondary N) is 2. The molecular weight excluding hydrogens is 396 g/mol. The van der Waals surface area contributed by atoms with Crippen molar-refractivity contribution in [1.29, 1.82) is 0 Å². The van der Waals surface area contributed by atoms with E-state index in [1.807, 2.05) is 19.9 Å². The third-order valence-electron chi connectivity index (χ3n) is 5.39. The van der Waals surface area contributed by atoms with E-state index in [-0.39, 0.29) is 29.5 Å². The summed E-state index contributed by atoms with van der Waals surface area (Å²) in [6.45, 7) is 3.80. The van der Waals surface area contributed by atoms with Crippen LogP contribution in [0.1, 0.15) is 61.7 Å². The third kappa shape index (κ3) is 4.47. The Morgan fingerprint density at radius 3 is 2.61 bits per heavy atom. The standard InChI is InChI=1S/C23H26N4O4/c1-14(2)24-23(30)27-19(15-6-3-4-7-15)13-18(26-27)17-10-9-16(12-20(17)28)25-22(29)21-8-5-11-31-21/h5,8-15,28H,3-4,6-7H2,1-2H3,(H,24,30)(H,25,29). The zero-order chi connectivity index (χ0) is 22.0. The largest absolute Gasteiger partial charge is 0.507 e. The number of amides is 2. The van der Waals surface area contributed by atoms with Gasteiger partial charge in [0.1, 0.15) is 5.75 Å². The number of nitrogens with zero attached hydrogens (tertiary/aromatic N) is 2. The topological polar surface area (TPSA) is 109 Å². The molecule has 3 N–H and O–H groups in total. The first-order valence-electron chi connectivity index (χ1n) is 10.5. The zero-order valence-electron chi connectivity index (χ0n) is 17.6. The van der Waals surface area contributed by atoms with Crippen molar-refractivity contribution in [2.45, 2.75) is 51.5 Å². The van der Waals surface area contributed by atoms with Crippen LogP contribution in [0.3, 0.4) is 0 Å². The minimum atomic E-state index is -0.407. The average molecular weight is 422 g/mol. The quantitative estimate of drug-likeness (QED) is 0.551. The minimum Gasteiger partial charge on any atom is -0.507 e. The summed E-state index contributed by atoms with van der Waals surface area (Å²) in [6, 6.07) is 9.60. The van der Waals surface area contributed by atoms with Crippen LogP contribution in [0.25, 0.3) is 11.3 Å². The zero-order valence-corrected chi connectivity index (χ0v) is 17.6. The summed E-state index contributed by atoms with van der Waals surface area (Å²) in [7, 11) is 0. The molecule has 1 fully saturated rings. The van der Waals surface area contributed by atoms with Crippen LogP contribution in [0.5, 0.6) is 5.75 Å². The maximum Gasteiger partial charge on any atom is 0.342 e. The van der Waals surface area contributed by atoms with Crippen molar-refractivity contribution in [1.82, 2.24) is 15.1 Å². The number of carbonyl (C=O) groups excluding carboxylic acids is 2. The van der Waals surface area contributed by atoms with Gasteiger partial charge < -0.3 is 20.2 Å². The fraction of sp³-hybridized carbons (Fsp3) is 0.348. The summed E-state index contributed by atoms with van der Waals surface area (Å²) in [6.07, 6.45) is 5.72. The van der Waals surface area contributed by atoms with E-state index < -0.39 is 5.91 Å². The van der Waals surface area contributed by atoms with E-state index in [4.69, 9.17) is 4.42 Å². The lowest BCUT2D eigenvalue weighted by molar-refractivity contribution is 0.0996. The van der Waals surface area contributed by atoms with Gasteiger partial charge in [-0.1, -0.05) is 12.8 Å². The van der Waals surface area contributed by atoms with Gasteiger partial charge >= 0.3 is 6.03 Å². The number of hydrogen-bond acceptors (Lipinski definition) is 5. The molecule has 0 radical (unpaired) electrons. The van der Waals surface area contributed by atoms with E-state index in [0.29, 0.717) is 16.9 Å². The summed E-state index contributed by atoms with van der Waals surface area (Å²) >= 11 is 0. The highest BCUT2D eigenvalue weighted by atomic mass is 16.3. The molecule has 1 aromatic carbocycles. The van der Waals surface area contributed by atoms with Crippen LogP contribution < -0.4 is 10.6 Å². The number of phenolic OH excluding ortho intramolecular Hbond substituents is 1. The van der Waals surface area contributed by atoms with Gasteiger partial charge in [0.15, 0.2) is 5.76 Å². The van der Waals surface area contributed by atoms with E-state index in [0.717, 1.165) is 31.4 Å². The number of phenols is 1. The molecule has 0 atom stereocenters. The SMILES string of the molecule is CC(C)NC(=O)n1nc(-c2ccc(NC(=O)c3ccco3)cc2O)cc1C1CCCC1. The van der Waals surface area contributed by atoms with Crippen molar-refractivity contribution >= 4 is 17.6 Å². The predicted molar refractivity (Wildman–Crippen MR) is 116 cm³/mol. The molecule has 8 nitrogen and oxygen atoms in total. The molecule has 1 saturated carbocycles. The highest BCUT2D eigenvalue weighted by molar-refractivity contribution is 6.02. The number of aromatic nitrogens is 2. The molecule has 0 bridgehead atoms. The lowest BCUT2D eigenvalue weighted by Gasteiger charge is -2.13. The number of aromatic hydroxyl groups is 1. The number of benzene rings is 1. The van der Waals surface area contributed by atoms with Gasteiger partial charge in [-0.15, -0.1) is 0 Å². The molecule has 0 unspecified atom stereocenters. The van der Waals surface area contributed by atoms with Crippen molar-refractivity contribution in [3.63, 3.8) is 0 Å². The van der Waals surface area contributed by atoms with Gasteiger partial charge in [0.2, 0.25) is 0 Å². The molecule has 0 aliphatic heterocycles. The molecule has 1 aliphatic carbocycles. The van der Waals surface area contributed by atoms with E-state index >= 15 is 0 Å². The Bertz CT molecular complexity index is 1080. The molecule has 162 valence electrons. The second kappa shape index (κ2) is 8.67. The molecular formula is C23H26N4O4. The van der Waals surface area contributed by atoms with Crippen LogP contribution in [0.4, 0.5) is 10.5 Å². The highest BCUT2D eigenvalue weighted by Crippen LogP contribution is 2.38. The molecule has 3 aromatic rings. The molecule has 8 heteroatoms. The molecule has 2 amide bonds. The summed E-state index contributed by atoms with van der Waals surface area (Å²) in [5, 5.41) is 20.7. The highest BCUT2D eigenvalue weighted by Gasteiger charge is 2.26. The second-order valence-electron chi connectivity index (χ2n) is 8.12. The summed E-state index contributed by atoms with van der Waals surface area (Å²) < 4.78 is 6.51. The van der Waals surface area contributed by atoms with Crippen LogP contribution in [0.2, 0.25) is 0 Å². The monoisotopic (exact) mass is 422 g/mol. The first kappa shape index (κ1) is 20.7. The molecule has 1 aliphatic rings. The Morgan fingerprint density at radius 1 is 1.19 bits per heavy atom. The lowest BCUT2D eigenvalue weighted by Crippen LogP contribution is -2.35. The maximum atomic E-state index is 12.7. The Morgan fingerprint density at radius 2 is 1.97 bits per heavy atom. The van der Waals surface area contributed by atoms with Gasteiger partial charge in [-0.25, -0.2) is 4.79 Å². The second-order valence-corrected chi connectivity index (χ2v) is 8.12. The van der Waals surface area contributed by atoms with Gasteiger partial charge in [0, 0.05) is 29.3 Å². The van der Waals surface area contributed by atoms with Gasteiger partial charge in [-0.05, 0) is 57.0 Å². The maximum absolute atomic E-state index is 12.7. The summed E-state index contributed by atoms with van der Waals surface area (Å²) in [5.74, 6) is 0.00674. The fourth-order valence-corrected chi connectivity index (χ4v) is 3.94. The Balaban J connectivity index is 1.62. The van der Waals surface area contributed by atoms with Gasteiger partial charge in [0.25, 0.3) is 5.91 Å². The van der Waals surface area contributed by atoms with E-state index in [1.54, 1.807) is 24.3 Å². The number of hydrogen-bond donors (Lipinski definition) is 3. The molecule has 0 spiro atoms. The lowest BCUT2D eigenvalue weighted by atomic mass is 10.0.